The fraction of sp³-hybridized carbons (Fsp3) is 0. The molecule has 0 bridgehead atoms. The van der Waals surface area contributed by atoms with Gasteiger partial charge in [0.2, 0.25) is 0 Å². The Hall–Kier alpha value is -2.99. The van der Waals surface area contributed by atoms with Crippen molar-refractivity contribution < 1.29 is 4.79 Å². The minimum absolute atomic E-state index is 0.170. The van der Waals surface area contributed by atoms with Crippen LogP contribution in [0.4, 0.5) is 5.13 Å². The number of hydrogen-bond donors (Lipinski definition) is 1. The molecule has 1 amide bonds. The quantitative estimate of drug-likeness (QED) is 0.625. The molecule has 6 heteroatoms. The van der Waals surface area contributed by atoms with E-state index in [4.69, 9.17) is 0 Å². The number of fused-ring (bicyclic) bond motifs is 1. The van der Waals surface area contributed by atoms with Gasteiger partial charge in [-0.1, -0.05) is 18.2 Å². The standard InChI is InChI=1S/C17H12N4OS/c22-16(20-17-18-9-10-23-17)12-5-7-14(8-6-12)21-15-4-2-1-3-13(15)11-19-21/h1-11H,(H,18,20,22). The van der Waals surface area contributed by atoms with Crippen LogP contribution < -0.4 is 5.32 Å². The molecule has 1 N–H and O–H groups in total. The number of nitrogens with one attached hydrogen (secondary N) is 1. The number of carbonyl (C=O) groups is 1. The van der Waals surface area contributed by atoms with Crippen LogP contribution in [0.1, 0.15) is 10.4 Å². The van der Waals surface area contributed by atoms with Crippen LogP contribution >= 0.6 is 11.3 Å². The molecular weight excluding hydrogens is 308 g/mol. The highest BCUT2D eigenvalue weighted by molar-refractivity contribution is 7.13. The minimum Gasteiger partial charge on any atom is -0.298 e. The predicted octanol–water partition coefficient (Wildman–Crippen LogP) is 3.73. The number of carbonyl (C=O) groups excluding carboxylic acids is 1. The fourth-order valence-electron chi connectivity index (χ4n) is 2.39. The highest BCUT2D eigenvalue weighted by atomic mass is 32.1. The zero-order chi connectivity index (χ0) is 15.6. The Morgan fingerprint density at radius 3 is 2.70 bits per heavy atom. The van der Waals surface area contributed by atoms with Crippen LogP contribution in [0.3, 0.4) is 0 Å². The first-order valence-electron chi connectivity index (χ1n) is 7.05. The van der Waals surface area contributed by atoms with Gasteiger partial charge in [-0.15, -0.1) is 11.3 Å². The minimum atomic E-state index is -0.170. The van der Waals surface area contributed by atoms with Crippen molar-refractivity contribution in [1.29, 1.82) is 0 Å². The highest BCUT2D eigenvalue weighted by Crippen LogP contribution is 2.19. The number of anilines is 1. The summed E-state index contributed by atoms with van der Waals surface area (Å²) >= 11 is 1.39. The topological polar surface area (TPSA) is 59.8 Å². The van der Waals surface area contributed by atoms with Gasteiger partial charge in [0.05, 0.1) is 17.4 Å². The Balaban J connectivity index is 1.62. The third kappa shape index (κ3) is 2.60. The molecule has 0 unspecified atom stereocenters. The lowest BCUT2D eigenvalue weighted by Crippen LogP contribution is -2.11. The molecule has 0 fully saturated rings. The highest BCUT2D eigenvalue weighted by Gasteiger charge is 2.09. The SMILES string of the molecule is O=C(Nc1nccs1)c1ccc(-n2ncc3ccccc32)cc1. The number of rotatable bonds is 3. The van der Waals surface area contributed by atoms with Gasteiger partial charge in [0.25, 0.3) is 5.91 Å². The van der Waals surface area contributed by atoms with Crippen molar-refractivity contribution in [1.82, 2.24) is 14.8 Å². The molecule has 0 aliphatic carbocycles. The Morgan fingerprint density at radius 2 is 1.91 bits per heavy atom. The maximum atomic E-state index is 12.2. The maximum absolute atomic E-state index is 12.2. The van der Waals surface area contributed by atoms with Gasteiger partial charge >= 0.3 is 0 Å². The molecule has 0 aliphatic rings. The van der Waals surface area contributed by atoms with E-state index in [1.54, 1.807) is 18.3 Å². The molecule has 2 aromatic carbocycles. The first kappa shape index (κ1) is 13.7. The van der Waals surface area contributed by atoms with E-state index in [1.807, 2.05) is 52.7 Å². The van der Waals surface area contributed by atoms with Crippen molar-refractivity contribution in [2.24, 2.45) is 0 Å². The molecule has 0 saturated carbocycles. The smallest absolute Gasteiger partial charge is 0.257 e. The summed E-state index contributed by atoms with van der Waals surface area (Å²) < 4.78 is 1.86. The summed E-state index contributed by atoms with van der Waals surface area (Å²) in [6.45, 7) is 0. The monoisotopic (exact) mass is 320 g/mol. The molecule has 2 heterocycles. The summed E-state index contributed by atoms with van der Waals surface area (Å²) in [4.78, 5) is 16.2. The number of nitrogens with zero attached hydrogens (tertiary/aromatic N) is 3. The second-order valence-corrected chi connectivity index (χ2v) is 5.85. The van der Waals surface area contributed by atoms with Crippen molar-refractivity contribution in [2.45, 2.75) is 0 Å². The Morgan fingerprint density at radius 1 is 1.09 bits per heavy atom. The molecule has 0 aliphatic heterocycles. The second-order valence-electron chi connectivity index (χ2n) is 4.95. The Kier molecular flexibility index (Phi) is 3.36. The summed E-state index contributed by atoms with van der Waals surface area (Å²) in [5, 5.41) is 10.7. The first-order valence-corrected chi connectivity index (χ1v) is 7.93. The summed E-state index contributed by atoms with van der Waals surface area (Å²) in [6.07, 6.45) is 3.49. The Labute approximate surface area is 136 Å². The summed E-state index contributed by atoms with van der Waals surface area (Å²) in [5.41, 5.74) is 2.53. The van der Waals surface area contributed by atoms with Gasteiger partial charge < -0.3 is 0 Å². The van der Waals surface area contributed by atoms with Gasteiger partial charge in [0.1, 0.15) is 0 Å². The predicted molar refractivity (Wildman–Crippen MR) is 91.1 cm³/mol. The molecular formula is C17H12N4OS. The summed E-state index contributed by atoms with van der Waals surface area (Å²) in [7, 11) is 0. The number of hydrogen-bond acceptors (Lipinski definition) is 4. The van der Waals surface area contributed by atoms with Crippen LogP contribution in [0.5, 0.6) is 0 Å². The van der Waals surface area contributed by atoms with Crippen LogP contribution in [0, 0.1) is 0 Å². The molecule has 2 aromatic heterocycles. The van der Waals surface area contributed by atoms with E-state index in [0.717, 1.165) is 16.6 Å². The van der Waals surface area contributed by atoms with E-state index in [-0.39, 0.29) is 5.91 Å². The van der Waals surface area contributed by atoms with Crippen molar-refractivity contribution in [3.63, 3.8) is 0 Å². The van der Waals surface area contributed by atoms with E-state index in [1.165, 1.54) is 11.3 Å². The number of aromatic nitrogens is 3. The van der Waals surface area contributed by atoms with E-state index in [2.05, 4.69) is 15.4 Å². The molecule has 23 heavy (non-hydrogen) atoms. The largest absolute Gasteiger partial charge is 0.298 e. The molecule has 4 rings (SSSR count). The van der Waals surface area contributed by atoms with E-state index in [9.17, 15) is 4.79 Å². The molecule has 0 spiro atoms. The zero-order valence-electron chi connectivity index (χ0n) is 12.0. The van der Waals surface area contributed by atoms with Crippen LogP contribution in [-0.4, -0.2) is 20.7 Å². The average molecular weight is 320 g/mol. The summed E-state index contributed by atoms with van der Waals surface area (Å²) in [5.74, 6) is -0.170. The van der Waals surface area contributed by atoms with Crippen molar-refractivity contribution in [2.75, 3.05) is 5.32 Å². The zero-order valence-corrected chi connectivity index (χ0v) is 12.8. The second kappa shape index (κ2) is 5.66. The lowest BCUT2D eigenvalue weighted by Gasteiger charge is -2.05. The first-order chi connectivity index (χ1) is 11.3. The normalized spacial score (nSPS) is 10.8. The molecule has 5 nitrogen and oxygen atoms in total. The Bertz CT molecular complexity index is 958. The van der Waals surface area contributed by atoms with Crippen LogP contribution in [0.15, 0.2) is 66.3 Å². The molecule has 4 aromatic rings. The lowest BCUT2D eigenvalue weighted by atomic mass is 10.2. The van der Waals surface area contributed by atoms with Gasteiger partial charge in [-0.05, 0) is 30.3 Å². The van der Waals surface area contributed by atoms with Crippen molar-refractivity contribution >= 4 is 33.3 Å². The molecule has 112 valence electrons. The van der Waals surface area contributed by atoms with Gasteiger partial charge in [-0.2, -0.15) is 5.10 Å². The van der Waals surface area contributed by atoms with Crippen LogP contribution in [-0.2, 0) is 0 Å². The third-order valence-electron chi connectivity index (χ3n) is 3.50. The van der Waals surface area contributed by atoms with Crippen LogP contribution in [0.2, 0.25) is 0 Å². The van der Waals surface area contributed by atoms with Crippen LogP contribution in [0.25, 0.3) is 16.6 Å². The summed E-state index contributed by atoms with van der Waals surface area (Å²) in [6, 6.07) is 15.4. The van der Waals surface area contributed by atoms with Gasteiger partial charge in [-0.3, -0.25) is 10.1 Å². The van der Waals surface area contributed by atoms with E-state index in [0.29, 0.717) is 10.7 Å². The number of para-hydroxylation sites is 1. The maximum Gasteiger partial charge on any atom is 0.257 e. The lowest BCUT2D eigenvalue weighted by molar-refractivity contribution is 0.102. The van der Waals surface area contributed by atoms with E-state index >= 15 is 0 Å². The third-order valence-corrected chi connectivity index (χ3v) is 4.19. The van der Waals surface area contributed by atoms with Gasteiger partial charge in [0, 0.05) is 22.5 Å². The van der Waals surface area contributed by atoms with Gasteiger partial charge in [0.15, 0.2) is 5.13 Å². The number of benzene rings is 2. The number of thiazole rings is 1. The van der Waals surface area contributed by atoms with Gasteiger partial charge in [-0.25, -0.2) is 9.67 Å². The molecule has 0 saturated heterocycles. The van der Waals surface area contributed by atoms with E-state index < -0.39 is 0 Å². The average Bonchev–Trinajstić information content (AvgIpc) is 3.24. The van der Waals surface area contributed by atoms with Crippen molar-refractivity contribution in [3.05, 3.63) is 71.9 Å². The molecule has 0 atom stereocenters. The fourth-order valence-corrected chi connectivity index (χ4v) is 2.91. The molecule has 0 radical (unpaired) electrons. The number of amides is 1. The van der Waals surface area contributed by atoms with Crippen molar-refractivity contribution in [3.8, 4) is 5.69 Å².